The molecule has 2 atom stereocenters. The van der Waals surface area contributed by atoms with Gasteiger partial charge in [0, 0.05) is 33.2 Å². The van der Waals surface area contributed by atoms with Crippen LogP contribution < -0.4 is 10.1 Å². The summed E-state index contributed by atoms with van der Waals surface area (Å²) in [4.78, 5) is 27.9. The standard InChI is InChI=1S/C25H31Cl3N2O3/c1-6-17(5)29-25(32)22(7-2)30(13-19-20(26)9-8-10-21(19)27)23(31)14-33-18-11-15(3)24(28)16(4)12-18/h8-12,17,22H,6-7,13-14H2,1-5H3,(H,29,32)/t17-,22+/m1/s1. The number of nitrogens with one attached hydrogen (secondary N) is 1. The van der Waals surface area contributed by atoms with Gasteiger partial charge in [0.1, 0.15) is 11.8 Å². The lowest BCUT2D eigenvalue weighted by Gasteiger charge is -2.32. The van der Waals surface area contributed by atoms with E-state index in [1.165, 1.54) is 4.90 Å². The van der Waals surface area contributed by atoms with Gasteiger partial charge in [-0.15, -0.1) is 0 Å². The summed E-state index contributed by atoms with van der Waals surface area (Å²) in [5.74, 6) is -0.0282. The smallest absolute Gasteiger partial charge is 0.261 e. The summed E-state index contributed by atoms with van der Waals surface area (Å²) in [6.07, 6.45) is 1.21. The monoisotopic (exact) mass is 512 g/mol. The number of carbonyl (C=O) groups excluding carboxylic acids is 2. The lowest BCUT2D eigenvalue weighted by Crippen LogP contribution is -2.51. The van der Waals surface area contributed by atoms with Gasteiger partial charge < -0.3 is 15.0 Å². The first-order valence-corrected chi connectivity index (χ1v) is 12.1. The molecule has 0 aliphatic carbocycles. The lowest BCUT2D eigenvalue weighted by molar-refractivity contribution is -0.143. The van der Waals surface area contributed by atoms with Crippen molar-refractivity contribution in [1.29, 1.82) is 0 Å². The molecule has 1 N–H and O–H groups in total. The molecule has 0 saturated heterocycles. The third kappa shape index (κ3) is 7.26. The number of rotatable bonds is 10. The largest absolute Gasteiger partial charge is 0.484 e. The van der Waals surface area contributed by atoms with Crippen LogP contribution in [0.25, 0.3) is 0 Å². The molecule has 2 amide bonds. The molecule has 0 aliphatic heterocycles. The van der Waals surface area contributed by atoms with Crippen LogP contribution in [-0.4, -0.2) is 35.4 Å². The summed E-state index contributed by atoms with van der Waals surface area (Å²) < 4.78 is 5.79. The molecular formula is C25H31Cl3N2O3. The number of hydrogen-bond donors (Lipinski definition) is 1. The van der Waals surface area contributed by atoms with Gasteiger partial charge in [-0.2, -0.15) is 0 Å². The Hall–Kier alpha value is -1.95. The van der Waals surface area contributed by atoms with Crippen molar-refractivity contribution in [3.05, 3.63) is 62.1 Å². The maximum atomic E-state index is 13.3. The summed E-state index contributed by atoms with van der Waals surface area (Å²) >= 11 is 19.0. The Kier molecular flexibility index (Phi) is 10.3. The van der Waals surface area contributed by atoms with Crippen molar-refractivity contribution in [2.45, 2.75) is 66.1 Å². The Bertz CT molecular complexity index is 954. The Labute approximate surface area is 211 Å². The minimum atomic E-state index is -0.698. The van der Waals surface area contributed by atoms with Crippen LogP contribution in [0.15, 0.2) is 30.3 Å². The van der Waals surface area contributed by atoms with Crippen LogP contribution in [-0.2, 0) is 16.1 Å². The molecule has 0 aliphatic rings. The molecular weight excluding hydrogens is 483 g/mol. The van der Waals surface area contributed by atoms with Gasteiger partial charge in [-0.1, -0.05) is 54.7 Å². The number of nitrogens with zero attached hydrogens (tertiary/aromatic N) is 1. The highest BCUT2D eigenvalue weighted by Gasteiger charge is 2.30. The Morgan fingerprint density at radius 1 is 1.03 bits per heavy atom. The average molecular weight is 514 g/mol. The SMILES string of the molecule is CC[C@@H](C)NC(=O)[C@H](CC)N(Cc1c(Cl)cccc1Cl)C(=O)COc1cc(C)c(Cl)c(C)c1. The van der Waals surface area contributed by atoms with Crippen LogP contribution >= 0.6 is 34.8 Å². The fourth-order valence-corrected chi connectivity index (χ4v) is 4.06. The highest BCUT2D eigenvalue weighted by molar-refractivity contribution is 6.36. The molecule has 180 valence electrons. The zero-order valence-electron chi connectivity index (χ0n) is 19.7. The van der Waals surface area contributed by atoms with Crippen molar-refractivity contribution in [3.8, 4) is 5.75 Å². The molecule has 2 rings (SSSR count). The molecule has 0 unspecified atom stereocenters. The van der Waals surface area contributed by atoms with Crippen molar-refractivity contribution >= 4 is 46.6 Å². The molecule has 0 spiro atoms. The molecule has 2 aromatic carbocycles. The molecule has 0 fully saturated rings. The summed E-state index contributed by atoms with van der Waals surface area (Å²) in [5, 5.41) is 4.50. The van der Waals surface area contributed by atoms with Crippen LogP contribution in [0.3, 0.4) is 0 Å². The molecule has 8 heteroatoms. The number of amides is 2. The van der Waals surface area contributed by atoms with E-state index in [2.05, 4.69) is 5.32 Å². The highest BCUT2D eigenvalue weighted by Crippen LogP contribution is 2.28. The van der Waals surface area contributed by atoms with Gasteiger partial charge in [0.05, 0.1) is 0 Å². The quantitative estimate of drug-likeness (QED) is 0.402. The van der Waals surface area contributed by atoms with Crippen LogP contribution in [0.2, 0.25) is 15.1 Å². The molecule has 0 aromatic heterocycles. The second-order valence-electron chi connectivity index (χ2n) is 8.12. The molecule has 33 heavy (non-hydrogen) atoms. The topological polar surface area (TPSA) is 58.6 Å². The average Bonchev–Trinajstić information content (AvgIpc) is 2.77. The van der Waals surface area contributed by atoms with E-state index >= 15 is 0 Å². The van der Waals surface area contributed by atoms with E-state index in [1.54, 1.807) is 30.3 Å². The predicted octanol–water partition coefficient (Wildman–Crippen LogP) is 6.36. The number of aryl methyl sites for hydroxylation is 2. The summed E-state index contributed by atoms with van der Waals surface area (Å²) in [7, 11) is 0. The Morgan fingerprint density at radius 3 is 2.12 bits per heavy atom. The zero-order valence-corrected chi connectivity index (χ0v) is 21.9. The van der Waals surface area contributed by atoms with Crippen molar-refractivity contribution in [3.63, 3.8) is 0 Å². The minimum Gasteiger partial charge on any atom is -0.484 e. The number of ether oxygens (including phenoxy) is 1. The van der Waals surface area contributed by atoms with Gasteiger partial charge in [-0.05, 0) is 69.0 Å². The second-order valence-corrected chi connectivity index (χ2v) is 9.32. The van der Waals surface area contributed by atoms with Crippen LogP contribution in [0.1, 0.15) is 50.3 Å². The van der Waals surface area contributed by atoms with Gasteiger partial charge in [0.25, 0.3) is 5.91 Å². The van der Waals surface area contributed by atoms with Crippen molar-refractivity contribution < 1.29 is 14.3 Å². The van der Waals surface area contributed by atoms with Crippen molar-refractivity contribution in [1.82, 2.24) is 10.2 Å². The van der Waals surface area contributed by atoms with E-state index in [4.69, 9.17) is 39.5 Å². The minimum absolute atomic E-state index is 0.0105. The number of halogens is 3. The first-order chi connectivity index (χ1) is 15.6. The molecule has 0 bridgehead atoms. The van der Waals surface area contributed by atoms with E-state index in [1.807, 2.05) is 34.6 Å². The molecule has 0 saturated carbocycles. The summed E-state index contributed by atoms with van der Waals surface area (Å²) in [6, 6.07) is 8.01. The fraction of sp³-hybridized carbons (Fsp3) is 0.440. The van der Waals surface area contributed by atoms with Crippen LogP contribution in [0, 0.1) is 13.8 Å². The third-order valence-electron chi connectivity index (χ3n) is 5.55. The zero-order chi connectivity index (χ0) is 24.7. The van der Waals surface area contributed by atoms with E-state index in [0.717, 1.165) is 17.5 Å². The Balaban J connectivity index is 2.32. The third-order valence-corrected chi connectivity index (χ3v) is 6.85. The molecule has 0 radical (unpaired) electrons. The maximum absolute atomic E-state index is 13.3. The maximum Gasteiger partial charge on any atom is 0.261 e. The van der Waals surface area contributed by atoms with Crippen LogP contribution in [0.5, 0.6) is 5.75 Å². The summed E-state index contributed by atoms with van der Waals surface area (Å²) in [6.45, 7) is 9.38. The van der Waals surface area contributed by atoms with Crippen LogP contribution in [0.4, 0.5) is 0 Å². The first kappa shape index (κ1) is 27.3. The van der Waals surface area contributed by atoms with Gasteiger partial charge >= 0.3 is 0 Å². The lowest BCUT2D eigenvalue weighted by atomic mass is 10.1. The fourth-order valence-electron chi connectivity index (χ4n) is 3.43. The molecule has 2 aromatic rings. The van der Waals surface area contributed by atoms with Gasteiger partial charge in [0.15, 0.2) is 6.61 Å². The molecule has 0 heterocycles. The van der Waals surface area contributed by atoms with E-state index < -0.39 is 6.04 Å². The number of benzene rings is 2. The summed E-state index contributed by atoms with van der Waals surface area (Å²) in [5.41, 5.74) is 2.30. The first-order valence-electron chi connectivity index (χ1n) is 11.0. The Morgan fingerprint density at radius 2 is 1.61 bits per heavy atom. The van der Waals surface area contributed by atoms with Gasteiger partial charge in [0.2, 0.25) is 5.91 Å². The van der Waals surface area contributed by atoms with Crippen molar-refractivity contribution in [2.75, 3.05) is 6.61 Å². The van der Waals surface area contributed by atoms with Crippen molar-refractivity contribution in [2.24, 2.45) is 0 Å². The predicted molar refractivity (Wildman–Crippen MR) is 135 cm³/mol. The molecule has 5 nitrogen and oxygen atoms in total. The van der Waals surface area contributed by atoms with E-state index in [9.17, 15) is 9.59 Å². The normalized spacial score (nSPS) is 12.7. The van der Waals surface area contributed by atoms with E-state index in [-0.39, 0.29) is 31.0 Å². The number of carbonyl (C=O) groups is 2. The van der Waals surface area contributed by atoms with Gasteiger partial charge in [-0.25, -0.2) is 0 Å². The van der Waals surface area contributed by atoms with Gasteiger partial charge in [-0.3, -0.25) is 9.59 Å². The van der Waals surface area contributed by atoms with E-state index in [0.29, 0.717) is 32.8 Å². The second kappa shape index (κ2) is 12.5. The number of hydrogen-bond acceptors (Lipinski definition) is 3. The highest BCUT2D eigenvalue weighted by atomic mass is 35.5.